The maximum atomic E-state index is 13.0. The highest BCUT2D eigenvalue weighted by molar-refractivity contribution is 14.1. The Morgan fingerprint density at radius 2 is 1.57 bits per heavy atom. The first-order valence-corrected chi connectivity index (χ1v) is 10.1. The van der Waals surface area contributed by atoms with Gasteiger partial charge in [-0.15, -0.1) is 0 Å². The van der Waals surface area contributed by atoms with E-state index in [1.165, 1.54) is 0 Å². The van der Waals surface area contributed by atoms with Gasteiger partial charge in [0.25, 0.3) is 0 Å². The molecule has 2 atom stereocenters. The molecule has 140 valence electrons. The van der Waals surface area contributed by atoms with Crippen LogP contribution in [0.4, 0.5) is 0 Å². The van der Waals surface area contributed by atoms with Crippen LogP contribution in [0.15, 0.2) is 78.9 Å². The zero-order valence-electron chi connectivity index (χ0n) is 15.0. The highest BCUT2D eigenvalue weighted by Crippen LogP contribution is 2.28. The summed E-state index contributed by atoms with van der Waals surface area (Å²) in [5.41, 5.74) is 2.38. The topological polar surface area (TPSA) is 55.4 Å². The summed E-state index contributed by atoms with van der Waals surface area (Å²) in [5.74, 6) is -0.848. The van der Waals surface area contributed by atoms with Crippen LogP contribution in [0.3, 0.4) is 0 Å². The fraction of sp³-hybridized carbons (Fsp3) is 0.130. The van der Waals surface area contributed by atoms with Crippen LogP contribution in [0, 0.1) is 9.49 Å². The van der Waals surface area contributed by atoms with Gasteiger partial charge in [0.1, 0.15) is 18.3 Å². The summed E-state index contributed by atoms with van der Waals surface area (Å²) in [6.07, 6.45) is 0. The van der Waals surface area contributed by atoms with Gasteiger partial charge in [0, 0.05) is 3.57 Å². The molecule has 0 spiro atoms. The molecule has 2 unspecified atom stereocenters. The van der Waals surface area contributed by atoms with Crippen LogP contribution >= 0.6 is 22.6 Å². The molecule has 0 saturated heterocycles. The fourth-order valence-electron chi connectivity index (χ4n) is 3.33. The van der Waals surface area contributed by atoms with Crippen molar-refractivity contribution in [2.75, 3.05) is 6.61 Å². The normalized spacial score (nSPS) is 16.6. The number of hydrogen-bond donors (Lipinski definition) is 1. The zero-order chi connectivity index (χ0) is 19.5. The highest BCUT2D eigenvalue weighted by atomic mass is 127. The molecule has 1 aliphatic heterocycles. The van der Waals surface area contributed by atoms with E-state index in [2.05, 4.69) is 27.9 Å². The molecular weight excluding hydrogens is 465 g/mol. The molecule has 0 fully saturated rings. The second kappa shape index (κ2) is 8.14. The Labute approximate surface area is 177 Å². The minimum atomic E-state index is -0.857. The van der Waals surface area contributed by atoms with Gasteiger partial charge < -0.3 is 10.1 Å². The van der Waals surface area contributed by atoms with E-state index in [4.69, 9.17) is 4.74 Å². The number of ketones is 1. The summed E-state index contributed by atoms with van der Waals surface area (Å²) in [4.78, 5) is 25.8. The summed E-state index contributed by atoms with van der Waals surface area (Å²) in [6, 6.07) is 24.4. The van der Waals surface area contributed by atoms with Gasteiger partial charge in [-0.25, -0.2) is 0 Å². The third kappa shape index (κ3) is 3.80. The molecule has 4 nitrogen and oxygen atoms in total. The molecule has 0 saturated carbocycles. The molecule has 4 rings (SSSR count). The number of para-hydroxylation sites is 1. The zero-order valence-corrected chi connectivity index (χ0v) is 17.1. The molecule has 3 aromatic carbocycles. The summed E-state index contributed by atoms with van der Waals surface area (Å²) >= 11 is 2.25. The average molecular weight is 483 g/mol. The number of rotatable bonds is 4. The van der Waals surface area contributed by atoms with Crippen LogP contribution < -0.4 is 10.1 Å². The van der Waals surface area contributed by atoms with Crippen molar-refractivity contribution in [1.29, 1.82) is 0 Å². The maximum Gasteiger partial charge on any atom is 0.235 e. The second-order valence-corrected chi connectivity index (χ2v) is 7.87. The first kappa shape index (κ1) is 18.7. The quantitative estimate of drug-likeness (QED) is 0.443. The molecule has 0 aromatic heterocycles. The number of ether oxygens (including phenoxy) is 1. The lowest BCUT2D eigenvalue weighted by molar-refractivity contribution is -0.125. The van der Waals surface area contributed by atoms with E-state index in [-0.39, 0.29) is 24.3 Å². The van der Waals surface area contributed by atoms with Crippen LogP contribution in [0.1, 0.15) is 27.5 Å². The van der Waals surface area contributed by atoms with Crippen LogP contribution in [0.5, 0.6) is 5.75 Å². The molecule has 5 heteroatoms. The molecule has 1 N–H and O–H groups in total. The molecule has 3 aromatic rings. The highest BCUT2D eigenvalue weighted by Gasteiger charge is 2.35. The second-order valence-electron chi connectivity index (χ2n) is 6.63. The number of carbonyl (C=O) groups excluding carboxylic acids is 2. The maximum absolute atomic E-state index is 13.0. The fourth-order valence-corrected chi connectivity index (χ4v) is 3.69. The van der Waals surface area contributed by atoms with Crippen LogP contribution in [-0.4, -0.2) is 18.3 Å². The molecule has 28 heavy (non-hydrogen) atoms. The Morgan fingerprint density at radius 3 is 2.32 bits per heavy atom. The minimum absolute atomic E-state index is 0.0515. The van der Waals surface area contributed by atoms with Gasteiger partial charge in [0.05, 0.1) is 11.6 Å². The number of nitrogens with one attached hydrogen (secondary N) is 1. The number of halogens is 1. The molecule has 0 radical (unpaired) electrons. The molecule has 0 aliphatic carbocycles. The lowest BCUT2D eigenvalue weighted by atomic mass is 9.92. The Bertz CT molecular complexity index is 1000. The lowest BCUT2D eigenvalue weighted by Crippen LogP contribution is -2.42. The van der Waals surface area contributed by atoms with E-state index in [1.807, 2.05) is 60.7 Å². The first-order valence-electron chi connectivity index (χ1n) is 9.00. The Morgan fingerprint density at radius 1 is 0.929 bits per heavy atom. The standard InChI is InChI=1S/C23H18INO3/c24-17-12-10-16(11-13-17)21(15-6-2-1-3-7-15)25-23(27)19-14-28-20-9-5-4-8-18(20)22(19)26/h1-13,19,21H,14H2,(H,25,27). The predicted molar refractivity (Wildman–Crippen MR) is 115 cm³/mol. The Balaban J connectivity index is 1.61. The minimum Gasteiger partial charge on any atom is -0.492 e. The van der Waals surface area contributed by atoms with E-state index in [0.717, 1.165) is 14.7 Å². The molecule has 1 aliphatic rings. The van der Waals surface area contributed by atoms with Crippen LogP contribution in [-0.2, 0) is 4.79 Å². The summed E-state index contributed by atoms with van der Waals surface area (Å²) in [7, 11) is 0. The number of carbonyl (C=O) groups is 2. The number of amides is 1. The first-order chi connectivity index (χ1) is 13.6. The summed E-state index contributed by atoms with van der Waals surface area (Å²) in [6.45, 7) is 0.0515. The van der Waals surface area contributed by atoms with Crippen molar-refractivity contribution in [1.82, 2.24) is 5.32 Å². The Kier molecular flexibility index (Phi) is 5.43. The van der Waals surface area contributed by atoms with Crippen molar-refractivity contribution in [3.05, 3.63) is 99.1 Å². The summed E-state index contributed by atoms with van der Waals surface area (Å²) in [5, 5.41) is 3.06. The van der Waals surface area contributed by atoms with Gasteiger partial charge in [-0.2, -0.15) is 0 Å². The SMILES string of the molecule is O=C(NC(c1ccccc1)c1ccc(I)cc1)C1COc2ccccc2C1=O. The van der Waals surface area contributed by atoms with E-state index < -0.39 is 5.92 Å². The van der Waals surface area contributed by atoms with Gasteiger partial charge in [-0.05, 0) is 58.0 Å². The van der Waals surface area contributed by atoms with E-state index in [0.29, 0.717) is 11.3 Å². The number of fused-ring (bicyclic) bond motifs is 1. The number of Topliss-reactive ketones (excluding diaryl/α,β-unsaturated/α-hetero) is 1. The number of hydrogen-bond acceptors (Lipinski definition) is 3. The predicted octanol–water partition coefficient (Wildman–Crippen LogP) is 4.39. The van der Waals surface area contributed by atoms with E-state index in [9.17, 15) is 9.59 Å². The van der Waals surface area contributed by atoms with E-state index in [1.54, 1.807) is 18.2 Å². The Hall–Kier alpha value is -2.67. The molecular formula is C23H18INO3. The third-order valence-electron chi connectivity index (χ3n) is 4.81. The van der Waals surface area contributed by atoms with Crippen molar-refractivity contribution in [3.8, 4) is 5.75 Å². The average Bonchev–Trinajstić information content (AvgIpc) is 2.74. The van der Waals surface area contributed by atoms with Gasteiger partial charge in [0.2, 0.25) is 5.91 Å². The van der Waals surface area contributed by atoms with E-state index >= 15 is 0 Å². The third-order valence-corrected chi connectivity index (χ3v) is 5.53. The van der Waals surface area contributed by atoms with Crippen LogP contribution in [0.2, 0.25) is 0 Å². The summed E-state index contributed by atoms with van der Waals surface area (Å²) < 4.78 is 6.77. The number of benzene rings is 3. The van der Waals surface area contributed by atoms with Crippen molar-refractivity contribution < 1.29 is 14.3 Å². The smallest absolute Gasteiger partial charge is 0.235 e. The van der Waals surface area contributed by atoms with Gasteiger partial charge in [-0.3, -0.25) is 9.59 Å². The molecule has 1 amide bonds. The van der Waals surface area contributed by atoms with Crippen molar-refractivity contribution in [2.24, 2.45) is 5.92 Å². The van der Waals surface area contributed by atoms with Crippen molar-refractivity contribution in [2.45, 2.75) is 6.04 Å². The van der Waals surface area contributed by atoms with Gasteiger partial charge >= 0.3 is 0 Å². The molecule has 1 heterocycles. The van der Waals surface area contributed by atoms with Gasteiger partial charge in [0.15, 0.2) is 5.78 Å². The van der Waals surface area contributed by atoms with Crippen molar-refractivity contribution >= 4 is 34.3 Å². The molecule has 0 bridgehead atoms. The monoisotopic (exact) mass is 483 g/mol. The van der Waals surface area contributed by atoms with Crippen LogP contribution in [0.25, 0.3) is 0 Å². The van der Waals surface area contributed by atoms with Crippen molar-refractivity contribution in [3.63, 3.8) is 0 Å². The largest absolute Gasteiger partial charge is 0.492 e. The lowest BCUT2D eigenvalue weighted by Gasteiger charge is -2.26. The van der Waals surface area contributed by atoms with Gasteiger partial charge in [-0.1, -0.05) is 54.6 Å².